The van der Waals surface area contributed by atoms with E-state index in [0.717, 1.165) is 12.8 Å². The Labute approximate surface area is 184 Å². The Kier molecular flexibility index (Phi) is 8.71. The maximum absolute atomic E-state index is 12.9. The fraction of sp³-hybridized carbons (Fsp3) is 0.609. The van der Waals surface area contributed by atoms with Crippen LogP contribution in [0, 0.1) is 0 Å². The molecule has 0 saturated carbocycles. The van der Waals surface area contributed by atoms with Gasteiger partial charge in [0.05, 0.1) is 12.2 Å². The monoisotopic (exact) mass is 433 g/mol. The highest BCUT2D eigenvalue weighted by molar-refractivity contribution is 5.97. The van der Waals surface area contributed by atoms with Gasteiger partial charge in [-0.2, -0.15) is 0 Å². The number of benzene rings is 1. The van der Waals surface area contributed by atoms with Crippen molar-refractivity contribution in [1.29, 1.82) is 0 Å². The van der Waals surface area contributed by atoms with Crippen molar-refractivity contribution in [3.05, 3.63) is 24.3 Å². The first kappa shape index (κ1) is 24.5. The number of amides is 3. The van der Waals surface area contributed by atoms with Gasteiger partial charge in [0.1, 0.15) is 11.4 Å². The van der Waals surface area contributed by atoms with E-state index in [1.807, 2.05) is 26.0 Å². The van der Waals surface area contributed by atoms with Gasteiger partial charge in [-0.1, -0.05) is 26.0 Å². The molecule has 0 aliphatic carbocycles. The number of hydrogen-bond donors (Lipinski definition) is 2. The highest BCUT2D eigenvalue weighted by atomic mass is 16.6. The van der Waals surface area contributed by atoms with Gasteiger partial charge in [0, 0.05) is 19.0 Å². The predicted molar refractivity (Wildman–Crippen MR) is 119 cm³/mol. The maximum Gasteiger partial charge on any atom is 0.407 e. The first-order chi connectivity index (χ1) is 14.6. The third-order valence-electron chi connectivity index (χ3n) is 4.93. The molecule has 1 aromatic carbocycles. The molecule has 0 aromatic heterocycles. The first-order valence-electron chi connectivity index (χ1n) is 11.0. The van der Waals surface area contributed by atoms with Gasteiger partial charge in [-0.05, 0) is 52.2 Å². The van der Waals surface area contributed by atoms with E-state index >= 15 is 0 Å². The molecule has 1 aromatic rings. The van der Waals surface area contributed by atoms with E-state index < -0.39 is 17.8 Å². The van der Waals surface area contributed by atoms with E-state index in [9.17, 15) is 14.4 Å². The lowest BCUT2D eigenvalue weighted by Gasteiger charge is -2.34. The van der Waals surface area contributed by atoms with Crippen molar-refractivity contribution in [1.82, 2.24) is 10.6 Å². The summed E-state index contributed by atoms with van der Waals surface area (Å²) >= 11 is 0. The molecule has 1 unspecified atom stereocenters. The number of carbonyl (C=O) groups is 3. The van der Waals surface area contributed by atoms with Gasteiger partial charge < -0.3 is 25.0 Å². The highest BCUT2D eigenvalue weighted by Crippen LogP contribution is 2.33. The molecule has 0 saturated heterocycles. The summed E-state index contributed by atoms with van der Waals surface area (Å²) < 4.78 is 11.1. The molecular formula is C23H35N3O5. The second kappa shape index (κ2) is 11.0. The lowest BCUT2D eigenvalue weighted by molar-refractivity contribution is -0.129. The fourth-order valence-electron chi connectivity index (χ4n) is 3.27. The van der Waals surface area contributed by atoms with E-state index in [2.05, 4.69) is 10.6 Å². The summed E-state index contributed by atoms with van der Waals surface area (Å²) in [5.74, 6) is 0.174. The van der Waals surface area contributed by atoms with Crippen LogP contribution in [0.25, 0.3) is 0 Å². The summed E-state index contributed by atoms with van der Waals surface area (Å²) in [4.78, 5) is 39.0. The summed E-state index contributed by atoms with van der Waals surface area (Å²) in [5, 5.41) is 5.65. The number of anilines is 1. The van der Waals surface area contributed by atoms with Crippen LogP contribution < -0.4 is 20.3 Å². The molecule has 0 radical (unpaired) electrons. The van der Waals surface area contributed by atoms with Crippen LogP contribution in [0.15, 0.2) is 24.3 Å². The third kappa shape index (κ3) is 7.45. The van der Waals surface area contributed by atoms with E-state index in [4.69, 9.17) is 9.47 Å². The van der Waals surface area contributed by atoms with Gasteiger partial charge in [0.2, 0.25) is 5.91 Å². The predicted octanol–water partition coefficient (Wildman–Crippen LogP) is 3.39. The average molecular weight is 434 g/mol. The van der Waals surface area contributed by atoms with Crippen LogP contribution >= 0.6 is 0 Å². The first-order valence-corrected chi connectivity index (χ1v) is 11.0. The summed E-state index contributed by atoms with van der Waals surface area (Å²) in [6.45, 7) is 9.90. The molecule has 8 nitrogen and oxygen atoms in total. The summed E-state index contributed by atoms with van der Waals surface area (Å²) in [6, 6.07) is 7.29. The van der Waals surface area contributed by atoms with E-state index in [1.165, 1.54) is 0 Å². The van der Waals surface area contributed by atoms with Crippen LogP contribution in [0.3, 0.4) is 0 Å². The number of para-hydroxylation sites is 2. The molecule has 8 heteroatoms. The van der Waals surface area contributed by atoms with E-state index in [1.54, 1.807) is 37.8 Å². The van der Waals surface area contributed by atoms with Gasteiger partial charge >= 0.3 is 6.09 Å². The Hall–Kier alpha value is -2.77. The van der Waals surface area contributed by atoms with Crippen molar-refractivity contribution >= 4 is 23.6 Å². The fourth-order valence-corrected chi connectivity index (χ4v) is 3.27. The zero-order valence-corrected chi connectivity index (χ0v) is 19.2. The van der Waals surface area contributed by atoms with Gasteiger partial charge in [0.15, 0.2) is 6.10 Å². The van der Waals surface area contributed by atoms with Crippen molar-refractivity contribution in [2.75, 3.05) is 18.0 Å². The summed E-state index contributed by atoms with van der Waals surface area (Å²) in [5.41, 5.74) is 0.0841. The lowest BCUT2D eigenvalue weighted by Crippen LogP contribution is -2.52. The van der Waals surface area contributed by atoms with Crippen LogP contribution in [-0.4, -0.2) is 48.7 Å². The van der Waals surface area contributed by atoms with Crippen LogP contribution in [0.1, 0.15) is 60.3 Å². The van der Waals surface area contributed by atoms with E-state index in [-0.39, 0.29) is 30.8 Å². The SMILES string of the molecule is CCC(CC)NC(=O)C1CN(C(=O)CCCNC(=O)OC(C)(C)C)c2ccccc2O1. The smallest absolute Gasteiger partial charge is 0.407 e. The number of ether oxygens (including phenoxy) is 2. The van der Waals surface area contributed by atoms with Gasteiger partial charge in [-0.25, -0.2) is 4.79 Å². The average Bonchev–Trinajstić information content (AvgIpc) is 2.72. The minimum atomic E-state index is -0.765. The van der Waals surface area contributed by atoms with Crippen molar-refractivity contribution < 1.29 is 23.9 Å². The second-order valence-corrected chi connectivity index (χ2v) is 8.63. The molecular weight excluding hydrogens is 398 g/mol. The zero-order valence-electron chi connectivity index (χ0n) is 19.2. The number of alkyl carbamates (subject to hydrolysis) is 1. The molecule has 2 rings (SSSR count). The Morgan fingerprint density at radius 1 is 1.19 bits per heavy atom. The molecule has 31 heavy (non-hydrogen) atoms. The molecule has 3 amide bonds. The Morgan fingerprint density at radius 2 is 1.87 bits per heavy atom. The van der Waals surface area contributed by atoms with Crippen LogP contribution in [0.2, 0.25) is 0 Å². The van der Waals surface area contributed by atoms with Gasteiger partial charge in [0.25, 0.3) is 5.91 Å². The van der Waals surface area contributed by atoms with Gasteiger partial charge in [-0.3, -0.25) is 9.59 Å². The Bertz CT molecular complexity index is 771. The standard InChI is InChI=1S/C23H35N3O5/c1-6-16(7-2)25-21(28)19-15-26(17-11-8-9-12-18(17)30-19)20(27)13-10-14-24-22(29)31-23(3,4)5/h8-9,11-12,16,19H,6-7,10,13-15H2,1-5H3,(H,24,29)(H,25,28). The minimum absolute atomic E-state index is 0.0800. The van der Waals surface area contributed by atoms with Crippen LogP contribution in [0.5, 0.6) is 5.75 Å². The van der Waals surface area contributed by atoms with Crippen LogP contribution in [0.4, 0.5) is 10.5 Å². The summed E-state index contributed by atoms with van der Waals surface area (Å²) in [6.07, 6.45) is 1.08. The van der Waals surface area contributed by atoms with Gasteiger partial charge in [-0.15, -0.1) is 0 Å². The van der Waals surface area contributed by atoms with Crippen LogP contribution in [-0.2, 0) is 14.3 Å². The molecule has 1 heterocycles. The largest absolute Gasteiger partial charge is 0.477 e. The van der Waals surface area contributed by atoms with Crippen molar-refractivity contribution in [3.63, 3.8) is 0 Å². The molecule has 1 aliphatic rings. The zero-order chi connectivity index (χ0) is 23.0. The van der Waals surface area contributed by atoms with Crippen molar-refractivity contribution in [2.24, 2.45) is 0 Å². The highest BCUT2D eigenvalue weighted by Gasteiger charge is 2.34. The lowest BCUT2D eigenvalue weighted by atomic mass is 10.1. The molecule has 172 valence electrons. The summed E-state index contributed by atoms with van der Waals surface area (Å²) in [7, 11) is 0. The van der Waals surface area contributed by atoms with Crippen molar-refractivity contribution in [3.8, 4) is 5.75 Å². The number of fused-ring (bicyclic) bond motifs is 1. The number of nitrogens with one attached hydrogen (secondary N) is 2. The molecule has 2 N–H and O–H groups in total. The normalized spacial score (nSPS) is 15.7. The quantitative estimate of drug-likeness (QED) is 0.613. The molecule has 1 aliphatic heterocycles. The Morgan fingerprint density at radius 3 is 2.52 bits per heavy atom. The molecule has 1 atom stereocenters. The minimum Gasteiger partial charge on any atom is -0.477 e. The number of carbonyl (C=O) groups excluding carboxylic acids is 3. The molecule has 0 fully saturated rings. The molecule has 0 spiro atoms. The number of rotatable bonds is 8. The molecule has 0 bridgehead atoms. The second-order valence-electron chi connectivity index (χ2n) is 8.63. The maximum atomic E-state index is 12.9. The topological polar surface area (TPSA) is 97.0 Å². The Balaban J connectivity index is 1.97. The number of nitrogens with zero attached hydrogens (tertiary/aromatic N) is 1. The van der Waals surface area contributed by atoms with E-state index in [0.29, 0.717) is 24.4 Å². The third-order valence-corrected chi connectivity index (χ3v) is 4.93. The number of hydrogen-bond acceptors (Lipinski definition) is 5. The van der Waals surface area contributed by atoms with Crippen molar-refractivity contribution in [2.45, 2.75) is 78.0 Å².